The number of halogens is 1. The zero-order chi connectivity index (χ0) is 28.2. The Morgan fingerprint density at radius 1 is 1.18 bits per heavy atom. The highest BCUT2D eigenvalue weighted by Crippen LogP contribution is 2.47. The van der Waals surface area contributed by atoms with Crippen molar-refractivity contribution in [3.8, 4) is 5.75 Å². The number of nitrogens with one attached hydrogen (secondary N) is 1. The summed E-state index contributed by atoms with van der Waals surface area (Å²) in [6, 6.07) is 14.5. The van der Waals surface area contributed by atoms with E-state index < -0.39 is 14.5 Å². The van der Waals surface area contributed by atoms with Gasteiger partial charge in [-0.25, -0.2) is 0 Å². The van der Waals surface area contributed by atoms with E-state index in [1.165, 1.54) is 0 Å². The lowest BCUT2D eigenvalue weighted by Gasteiger charge is -2.30. The maximum absolute atomic E-state index is 15.5. The number of aryl methyl sites for hydroxylation is 1. The summed E-state index contributed by atoms with van der Waals surface area (Å²) in [6.07, 6.45) is 2.66. The molecule has 2 aromatic rings. The molecule has 0 spiro atoms. The fraction of sp³-hybridized carbons (Fsp3) is 0.533. The van der Waals surface area contributed by atoms with Crippen LogP contribution in [0.2, 0.25) is 18.6 Å². The van der Waals surface area contributed by atoms with Crippen LogP contribution in [0.15, 0.2) is 48.5 Å². The molecule has 5 atom stereocenters. The number of hydrogen-bond acceptors (Lipinski definition) is 5. The average Bonchev–Trinajstić information content (AvgIpc) is 3.51. The number of nitrogens with zero attached hydrogens (tertiary/aromatic N) is 1. The van der Waals surface area contributed by atoms with Crippen molar-refractivity contribution in [3.05, 3.63) is 59.7 Å². The van der Waals surface area contributed by atoms with Crippen molar-refractivity contribution in [3.63, 3.8) is 0 Å². The monoisotopic (exact) mass is 556 g/mol. The van der Waals surface area contributed by atoms with Gasteiger partial charge >= 0.3 is 0 Å². The molecule has 4 rings (SSSR count). The molecule has 212 valence electrons. The van der Waals surface area contributed by atoms with E-state index in [1.807, 2.05) is 31.2 Å². The molecule has 0 saturated carbocycles. The van der Waals surface area contributed by atoms with Gasteiger partial charge in [-0.3, -0.25) is 9.59 Å². The fourth-order valence-corrected chi connectivity index (χ4v) is 8.82. The number of anilines is 1. The lowest BCUT2D eigenvalue weighted by molar-refractivity contribution is -0.135. The van der Waals surface area contributed by atoms with Crippen LogP contribution in [0.1, 0.15) is 48.5 Å². The molecule has 2 fully saturated rings. The second kappa shape index (κ2) is 12.6. The molecule has 2 saturated heterocycles. The van der Waals surface area contributed by atoms with Crippen molar-refractivity contribution in [2.75, 3.05) is 25.6 Å². The lowest BCUT2D eigenvalue weighted by Crippen LogP contribution is -2.42. The van der Waals surface area contributed by atoms with Gasteiger partial charge in [0.2, 0.25) is 14.3 Å². The van der Waals surface area contributed by atoms with Crippen LogP contribution in [0.4, 0.5) is 9.80 Å². The maximum Gasteiger partial charge on any atom is 0.255 e. The van der Waals surface area contributed by atoms with Crippen LogP contribution >= 0.6 is 0 Å². The molecule has 0 unspecified atom stereocenters. The molecule has 0 bridgehead atoms. The Hall–Kier alpha value is -2.75. The second-order valence-corrected chi connectivity index (χ2v) is 15.1. The van der Waals surface area contributed by atoms with Crippen LogP contribution in [0.3, 0.4) is 0 Å². The van der Waals surface area contributed by atoms with Crippen LogP contribution in [0.5, 0.6) is 5.75 Å². The van der Waals surface area contributed by atoms with E-state index in [2.05, 4.69) is 5.32 Å². The third-order valence-electron chi connectivity index (χ3n) is 8.23. The molecular weight excluding hydrogens is 515 g/mol. The van der Waals surface area contributed by atoms with E-state index in [-0.39, 0.29) is 48.4 Å². The van der Waals surface area contributed by atoms with Gasteiger partial charge in [-0.15, -0.1) is 0 Å². The molecule has 0 aliphatic carbocycles. The number of methoxy groups -OCH3 is 1. The number of amides is 2. The quantitative estimate of drug-likeness (QED) is 0.310. The van der Waals surface area contributed by atoms with Crippen molar-refractivity contribution in [2.24, 2.45) is 5.92 Å². The van der Waals surface area contributed by atoms with Crippen molar-refractivity contribution >= 4 is 25.9 Å². The van der Waals surface area contributed by atoms with Gasteiger partial charge in [0.15, 0.2) is 0 Å². The Morgan fingerprint density at radius 3 is 2.59 bits per heavy atom. The maximum atomic E-state index is 15.5. The number of ether oxygens (including phenoxy) is 2. The molecule has 2 aliphatic heterocycles. The first-order valence-corrected chi connectivity index (χ1v) is 16.8. The highest BCUT2D eigenvalue weighted by Gasteiger charge is 2.52. The SMILES string of the molecule is COc1ccc(C(=O)Nc2cccc(CC[C@H]3O[C@@H](CC(=O)N4CCC[C@H]4CO)[C@H]([Si](C)(C)F)[C@H]3C)c2)cc1. The minimum absolute atomic E-state index is 0.000332. The van der Waals surface area contributed by atoms with Crippen LogP contribution in [-0.2, 0) is 16.0 Å². The average molecular weight is 557 g/mol. The molecular formula is C30H41FN2O5Si. The number of likely N-dealkylation sites (tertiary alicyclic amines) is 1. The second-order valence-electron chi connectivity index (χ2n) is 11.4. The standard InChI is InChI=1S/C30H41FN2O5Si/c1-20-26(38-27(29(20)39(3,4)31)18-28(35)33-16-6-9-24(33)19-34)15-10-21-7-5-8-23(17-21)32-30(36)22-11-13-25(37-2)14-12-22/h5,7-8,11-14,17,20,24,26-27,29,34H,6,9-10,15-16,18-19H2,1-4H3,(H,32,36)/t20-,24-,26+,27-,29+/m0/s1. The van der Waals surface area contributed by atoms with E-state index in [0.717, 1.165) is 18.4 Å². The van der Waals surface area contributed by atoms with E-state index in [4.69, 9.17) is 9.47 Å². The predicted octanol–water partition coefficient (Wildman–Crippen LogP) is 5.20. The number of rotatable bonds is 10. The van der Waals surface area contributed by atoms with Crippen molar-refractivity contribution < 1.29 is 28.3 Å². The Balaban J connectivity index is 1.38. The summed E-state index contributed by atoms with van der Waals surface area (Å²) in [7, 11) is -1.51. The van der Waals surface area contributed by atoms with E-state index >= 15 is 4.11 Å². The number of benzene rings is 2. The summed E-state index contributed by atoms with van der Waals surface area (Å²) in [5.41, 5.74) is 2.03. The van der Waals surface area contributed by atoms with Gasteiger partial charge in [0.25, 0.3) is 5.91 Å². The van der Waals surface area contributed by atoms with Gasteiger partial charge in [0.05, 0.1) is 38.4 Å². The minimum atomic E-state index is -3.10. The Labute approximate surface area is 231 Å². The van der Waals surface area contributed by atoms with Crippen LogP contribution in [0.25, 0.3) is 0 Å². The summed E-state index contributed by atoms with van der Waals surface area (Å²) in [5, 5.41) is 12.6. The molecule has 2 N–H and O–H groups in total. The summed E-state index contributed by atoms with van der Waals surface area (Å²) in [4.78, 5) is 27.5. The number of carbonyl (C=O) groups excluding carboxylic acids is 2. The first-order valence-electron chi connectivity index (χ1n) is 13.9. The number of carbonyl (C=O) groups is 2. The zero-order valence-electron chi connectivity index (χ0n) is 23.4. The highest BCUT2D eigenvalue weighted by molar-refractivity contribution is 6.72. The molecule has 2 heterocycles. The van der Waals surface area contributed by atoms with Gasteiger partial charge in [-0.2, -0.15) is 0 Å². The fourth-order valence-electron chi connectivity index (χ4n) is 6.28. The molecule has 2 aromatic carbocycles. The molecule has 9 heteroatoms. The number of aliphatic hydroxyl groups is 1. The minimum Gasteiger partial charge on any atom is -0.497 e. The van der Waals surface area contributed by atoms with Crippen LogP contribution in [0, 0.1) is 5.92 Å². The van der Waals surface area contributed by atoms with Gasteiger partial charge in [0, 0.05) is 23.3 Å². The summed E-state index contributed by atoms with van der Waals surface area (Å²) < 4.78 is 27.1. The van der Waals surface area contributed by atoms with E-state index in [1.54, 1.807) is 49.4 Å². The Kier molecular flexibility index (Phi) is 9.46. The van der Waals surface area contributed by atoms with Crippen LogP contribution in [-0.4, -0.2) is 68.7 Å². The molecule has 7 nitrogen and oxygen atoms in total. The molecule has 39 heavy (non-hydrogen) atoms. The van der Waals surface area contributed by atoms with Crippen molar-refractivity contribution in [1.29, 1.82) is 0 Å². The van der Waals surface area contributed by atoms with Crippen molar-refractivity contribution in [1.82, 2.24) is 4.90 Å². The smallest absolute Gasteiger partial charge is 0.255 e. The van der Waals surface area contributed by atoms with Gasteiger partial charge in [-0.1, -0.05) is 19.1 Å². The summed E-state index contributed by atoms with van der Waals surface area (Å²) >= 11 is 0. The molecule has 0 radical (unpaired) electrons. The van der Waals surface area contributed by atoms with Gasteiger partial charge < -0.3 is 28.9 Å². The van der Waals surface area contributed by atoms with Gasteiger partial charge in [-0.05, 0) is 86.7 Å². The highest BCUT2D eigenvalue weighted by atomic mass is 28.4. The largest absolute Gasteiger partial charge is 0.497 e. The lowest BCUT2D eigenvalue weighted by atomic mass is 9.95. The van der Waals surface area contributed by atoms with Crippen molar-refractivity contribution in [2.45, 2.75) is 75.9 Å². The molecule has 2 amide bonds. The number of hydrogen-bond donors (Lipinski definition) is 2. The number of aliphatic hydroxyl groups excluding tert-OH is 1. The van der Waals surface area contributed by atoms with E-state index in [0.29, 0.717) is 36.4 Å². The predicted molar refractivity (Wildman–Crippen MR) is 152 cm³/mol. The summed E-state index contributed by atoms with van der Waals surface area (Å²) in [6.45, 7) is 6.06. The summed E-state index contributed by atoms with van der Waals surface area (Å²) in [5.74, 6) is 0.442. The third kappa shape index (κ3) is 7.07. The van der Waals surface area contributed by atoms with Crippen LogP contribution < -0.4 is 10.1 Å². The van der Waals surface area contributed by atoms with E-state index in [9.17, 15) is 14.7 Å². The Morgan fingerprint density at radius 2 is 1.92 bits per heavy atom. The van der Waals surface area contributed by atoms with Gasteiger partial charge in [0.1, 0.15) is 5.75 Å². The molecule has 2 aliphatic rings. The Bertz CT molecular complexity index is 1140. The zero-order valence-corrected chi connectivity index (χ0v) is 24.4. The first-order chi connectivity index (χ1) is 18.6. The third-order valence-corrected chi connectivity index (χ3v) is 10.7. The topological polar surface area (TPSA) is 88.1 Å². The molecule has 0 aromatic heterocycles. The normalized spacial score (nSPS) is 25.1. The first kappa shape index (κ1) is 29.2.